The quantitative estimate of drug-likeness (QED) is 0.640. The van der Waals surface area contributed by atoms with Gasteiger partial charge in [-0.05, 0) is 47.7 Å². The minimum Gasteiger partial charge on any atom is -0.269 e. The highest BCUT2D eigenvalue weighted by Crippen LogP contribution is 2.38. The van der Waals surface area contributed by atoms with Gasteiger partial charge in [0.2, 0.25) is 0 Å². The first-order valence-corrected chi connectivity index (χ1v) is 6.93. The summed E-state index contributed by atoms with van der Waals surface area (Å²) in [6.45, 7) is 1.67. The SMILES string of the molecule is CC1=CC(=O)N(c2ccc3c(c2)Cc2ccccc2-3)C1=O. The van der Waals surface area contributed by atoms with Gasteiger partial charge in [0.1, 0.15) is 0 Å². The van der Waals surface area contributed by atoms with Crippen LogP contribution in [0.5, 0.6) is 0 Å². The summed E-state index contributed by atoms with van der Waals surface area (Å²) in [6.07, 6.45) is 2.24. The van der Waals surface area contributed by atoms with Crippen molar-refractivity contribution in [1.29, 1.82) is 0 Å². The molecule has 1 heterocycles. The molecule has 3 nitrogen and oxygen atoms in total. The number of imide groups is 1. The summed E-state index contributed by atoms with van der Waals surface area (Å²) in [5.41, 5.74) is 6.04. The number of hydrogen-bond donors (Lipinski definition) is 0. The maximum atomic E-state index is 12.1. The maximum Gasteiger partial charge on any atom is 0.261 e. The first-order valence-electron chi connectivity index (χ1n) is 6.93. The third-order valence-electron chi connectivity index (χ3n) is 4.14. The van der Waals surface area contributed by atoms with Crippen LogP contribution in [0.2, 0.25) is 0 Å². The summed E-state index contributed by atoms with van der Waals surface area (Å²) in [6, 6.07) is 14.1. The third kappa shape index (κ3) is 1.67. The smallest absolute Gasteiger partial charge is 0.261 e. The molecule has 21 heavy (non-hydrogen) atoms. The molecule has 102 valence electrons. The first-order chi connectivity index (χ1) is 10.1. The Bertz CT molecular complexity index is 833. The number of fused-ring (bicyclic) bond motifs is 3. The van der Waals surface area contributed by atoms with Gasteiger partial charge in [0.15, 0.2) is 0 Å². The number of rotatable bonds is 1. The van der Waals surface area contributed by atoms with Gasteiger partial charge in [-0.1, -0.05) is 30.3 Å². The lowest BCUT2D eigenvalue weighted by Gasteiger charge is -2.15. The molecule has 0 aromatic heterocycles. The van der Waals surface area contributed by atoms with E-state index in [1.807, 2.05) is 30.3 Å². The van der Waals surface area contributed by atoms with E-state index >= 15 is 0 Å². The summed E-state index contributed by atoms with van der Waals surface area (Å²) >= 11 is 0. The molecule has 2 aromatic rings. The Balaban J connectivity index is 1.78. The topological polar surface area (TPSA) is 37.4 Å². The van der Waals surface area contributed by atoms with Crippen molar-refractivity contribution in [2.45, 2.75) is 13.3 Å². The van der Waals surface area contributed by atoms with E-state index in [1.54, 1.807) is 6.92 Å². The van der Waals surface area contributed by atoms with Crippen LogP contribution in [-0.2, 0) is 16.0 Å². The number of hydrogen-bond acceptors (Lipinski definition) is 2. The number of carbonyl (C=O) groups excluding carboxylic acids is 2. The van der Waals surface area contributed by atoms with Crippen LogP contribution in [0, 0.1) is 0 Å². The van der Waals surface area contributed by atoms with Gasteiger partial charge in [0.05, 0.1) is 5.69 Å². The van der Waals surface area contributed by atoms with Crippen LogP contribution >= 0.6 is 0 Å². The van der Waals surface area contributed by atoms with Crippen molar-refractivity contribution in [1.82, 2.24) is 0 Å². The van der Waals surface area contributed by atoms with E-state index in [0.717, 1.165) is 6.42 Å². The molecule has 0 fully saturated rings. The van der Waals surface area contributed by atoms with Crippen molar-refractivity contribution >= 4 is 17.5 Å². The van der Waals surface area contributed by atoms with Gasteiger partial charge in [-0.2, -0.15) is 0 Å². The number of amides is 2. The fourth-order valence-electron chi connectivity index (χ4n) is 3.10. The molecule has 3 heteroatoms. The zero-order valence-electron chi connectivity index (χ0n) is 11.6. The second kappa shape index (κ2) is 4.16. The monoisotopic (exact) mass is 275 g/mol. The largest absolute Gasteiger partial charge is 0.269 e. The Morgan fingerprint density at radius 1 is 0.952 bits per heavy atom. The van der Waals surface area contributed by atoms with Crippen molar-refractivity contribution in [3.05, 3.63) is 65.2 Å². The molecule has 0 unspecified atom stereocenters. The number of nitrogens with zero attached hydrogens (tertiary/aromatic N) is 1. The van der Waals surface area contributed by atoms with E-state index in [-0.39, 0.29) is 11.8 Å². The molecule has 2 aromatic carbocycles. The Labute approximate surface area is 122 Å². The zero-order valence-corrected chi connectivity index (χ0v) is 11.6. The molecule has 2 aliphatic rings. The van der Waals surface area contributed by atoms with E-state index in [4.69, 9.17) is 0 Å². The highest BCUT2D eigenvalue weighted by molar-refractivity contribution is 6.30. The van der Waals surface area contributed by atoms with Crippen LogP contribution in [0.4, 0.5) is 5.69 Å². The number of benzene rings is 2. The van der Waals surface area contributed by atoms with Crippen LogP contribution in [0.15, 0.2) is 54.1 Å². The van der Waals surface area contributed by atoms with Crippen molar-refractivity contribution in [2.75, 3.05) is 4.90 Å². The number of carbonyl (C=O) groups is 2. The average molecular weight is 275 g/mol. The first kappa shape index (κ1) is 12.1. The summed E-state index contributed by atoms with van der Waals surface area (Å²) in [5.74, 6) is -0.483. The van der Waals surface area contributed by atoms with E-state index in [2.05, 4.69) is 12.1 Å². The lowest BCUT2D eigenvalue weighted by Crippen LogP contribution is -2.30. The van der Waals surface area contributed by atoms with Gasteiger partial charge in [0, 0.05) is 11.6 Å². The van der Waals surface area contributed by atoms with Gasteiger partial charge >= 0.3 is 0 Å². The van der Waals surface area contributed by atoms with Crippen molar-refractivity contribution in [2.24, 2.45) is 0 Å². The molecule has 0 spiro atoms. The van der Waals surface area contributed by atoms with Crippen molar-refractivity contribution in [3.8, 4) is 11.1 Å². The lowest BCUT2D eigenvalue weighted by molar-refractivity contribution is -0.120. The fourth-order valence-corrected chi connectivity index (χ4v) is 3.10. The minimum atomic E-state index is -0.257. The molecule has 0 saturated heterocycles. The molecule has 0 saturated carbocycles. The van der Waals surface area contributed by atoms with Gasteiger partial charge in [-0.3, -0.25) is 9.59 Å². The van der Waals surface area contributed by atoms with Gasteiger partial charge in [-0.25, -0.2) is 4.90 Å². The fraction of sp³-hybridized carbons (Fsp3) is 0.111. The molecule has 0 radical (unpaired) electrons. The molecule has 1 aliphatic heterocycles. The van der Waals surface area contributed by atoms with E-state index in [0.29, 0.717) is 11.3 Å². The van der Waals surface area contributed by atoms with Crippen LogP contribution in [-0.4, -0.2) is 11.8 Å². The molecule has 2 amide bonds. The molecular formula is C18H13NO2. The van der Waals surface area contributed by atoms with E-state index in [9.17, 15) is 9.59 Å². The summed E-state index contributed by atoms with van der Waals surface area (Å²) in [7, 11) is 0. The average Bonchev–Trinajstić information content (AvgIpc) is 2.96. The van der Waals surface area contributed by atoms with Crippen molar-refractivity contribution in [3.63, 3.8) is 0 Å². The third-order valence-corrected chi connectivity index (χ3v) is 4.14. The predicted octanol–water partition coefficient (Wildman–Crippen LogP) is 3.08. The predicted molar refractivity (Wildman–Crippen MR) is 80.9 cm³/mol. The number of anilines is 1. The molecule has 0 bridgehead atoms. The second-order valence-corrected chi connectivity index (χ2v) is 5.48. The van der Waals surface area contributed by atoms with E-state index < -0.39 is 0 Å². The normalized spacial score (nSPS) is 16.0. The summed E-state index contributed by atoms with van der Waals surface area (Å²) < 4.78 is 0. The van der Waals surface area contributed by atoms with E-state index in [1.165, 1.54) is 33.2 Å². The lowest BCUT2D eigenvalue weighted by atomic mass is 10.1. The van der Waals surface area contributed by atoms with Gasteiger partial charge in [0.25, 0.3) is 11.8 Å². The molecule has 4 rings (SSSR count). The standard InChI is InChI=1S/C18H13NO2/c1-11-8-17(20)19(18(11)21)14-6-7-16-13(10-14)9-12-4-2-3-5-15(12)16/h2-8,10H,9H2,1H3. The molecule has 0 N–H and O–H groups in total. The zero-order chi connectivity index (χ0) is 14.6. The summed E-state index contributed by atoms with van der Waals surface area (Å²) in [5, 5.41) is 0. The Hall–Kier alpha value is -2.68. The Morgan fingerprint density at radius 2 is 1.71 bits per heavy atom. The van der Waals surface area contributed by atoms with Crippen LogP contribution in [0.3, 0.4) is 0 Å². The van der Waals surface area contributed by atoms with Gasteiger partial charge < -0.3 is 0 Å². The van der Waals surface area contributed by atoms with Crippen LogP contribution in [0.25, 0.3) is 11.1 Å². The van der Waals surface area contributed by atoms with Crippen LogP contribution < -0.4 is 4.90 Å². The highest BCUT2D eigenvalue weighted by atomic mass is 16.2. The molecule has 1 aliphatic carbocycles. The van der Waals surface area contributed by atoms with Crippen LogP contribution in [0.1, 0.15) is 18.1 Å². The summed E-state index contributed by atoms with van der Waals surface area (Å²) in [4.78, 5) is 25.3. The second-order valence-electron chi connectivity index (χ2n) is 5.48. The minimum absolute atomic E-state index is 0.226. The Kier molecular flexibility index (Phi) is 2.39. The van der Waals surface area contributed by atoms with Gasteiger partial charge in [-0.15, -0.1) is 0 Å². The highest BCUT2D eigenvalue weighted by Gasteiger charge is 2.30. The maximum absolute atomic E-state index is 12.1. The molecule has 0 atom stereocenters. The molecular weight excluding hydrogens is 262 g/mol. The Morgan fingerprint density at radius 3 is 2.48 bits per heavy atom. The van der Waals surface area contributed by atoms with Crippen molar-refractivity contribution < 1.29 is 9.59 Å².